The van der Waals surface area contributed by atoms with E-state index in [-0.39, 0.29) is 11.9 Å². The van der Waals surface area contributed by atoms with Crippen molar-refractivity contribution in [1.29, 1.82) is 0 Å². The minimum absolute atomic E-state index is 0.00491. The second-order valence-electron chi connectivity index (χ2n) is 2.59. The van der Waals surface area contributed by atoms with Crippen LogP contribution in [0.1, 0.15) is 27.7 Å². The maximum absolute atomic E-state index is 10.5. The molecule has 0 aromatic carbocycles. The van der Waals surface area contributed by atoms with Crippen LogP contribution in [-0.2, 0) is 14.6 Å². The zero-order valence-corrected chi connectivity index (χ0v) is 7.38. The van der Waals surface area contributed by atoms with E-state index >= 15 is 0 Å². The molecule has 0 amide bonds. The molecule has 0 aliphatic rings. The van der Waals surface area contributed by atoms with Gasteiger partial charge in [-0.05, 0) is 27.7 Å². The molecule has 0 spiro atoms. The fourth-order valence-electron chi connectivity index (χ4n) is 0.482. The Morgan fingerprint density at radius 1 is 1.36 bits per heavy atom. The first-order valence-electron chi connectivity index (χ1n) is 3.54. The Balaban J connectivity index is 3.68. The van der Waals surface area contributed by atoms with E-state index in [2.05, 4.69) is 0 Å². The second-order valence-corrected chi connectivity index (χ2v) is 2.59. The van der Waals surface area contributed by atoms with Gasteiger partial charge in [-0.2, -0.15) is 4.89 Å². The van der Waals surface area contributed by atoms with Gasteiger partial charge in [0.2, 0.25) is 0 Å². The van der Waals surface area contributed by atoms with Crippen LogP contribution in [0.5, 0.6) is 0 Å². The maximum atomic E-state index is 10.5. The molecule has 0 N–H and O–H groups in total. The van der Waals surface area contributed by atoms with E-state index < -0.39 is 0 Å². The molecule has 0 saturated carbocycles. The third-order valence-electron chi connectivity index (χ3n) is 0.779. The average molecular weight is 158 g/mol. The number of carbonyl (C=O) groups is 1. The van der Waals surface area contributed by atoms with Gasteiger partial charge in [0.1, 0.15) is 5.76 Å². The minimum atomic E-state index is -0.0464. The van der Waals surface area contributed by atoms with Gasteiger partial charge in [-0.3, -0.25) is 4.79 Å². The van der Waals surface area contributed by atoms with Crippen molar-refractivity contribution >= 4 is 5.78 Å². The van der Waals surface area contributed by atoms with Gasteiger partial charge in [0.25, 0.3) is 0 Å². The van der Waals surface area contributed by atoms with Crippen LogP contribution in [-0.4, -0.2) is 11.9 Å². The molecule has 64 valence electrons. The van der Waals surface area contributed by atoms with E-state index in [4.69, 9.17) is 9.78 Å². The molecule has 0 rings (SSSR count). The van der Waals surface area contributed by atoms with Crippen LogP contribution < -0.4 is 0 Å². The summed E-state index contributed by atoms with van der Waals surface area (Å²) in [6.07, 6.45) is 1.38. The summed E-state index contributed by atoms with van der Waals surface area (Å²) in [4.78, 5) is 20.0. The Bertz CT molecular complexity index is 159. The van der Waals surface area contributed by atoms with Crippen molar-refractivity contribution in [2.75, 3.05) is 0 Å². The monoisotopic (exact) mass is 158 g/mol. The van der Waals surface area contributed by atoms with Crippen molar-refractivity contribution in [1.82, 2.24) is 0 Å². The van der Waals surface area contributed by atoms with Gasteiger partial charge in [0, 0.05) is 6.08 Å². The van der Waals surface area contributed by atoms with Crippen molar-refractivity contribution in [2.24, 2.45) is 0 Å². The van der Waals surface area contributed by atoms with E-state index in [0.717, 1.165) is 0 Å². The fraction of sp³-hybridized carbons (Fsp3) is 0.625. The summed E-state index contributed by atoms with van der Waals surface area (Å²) in [5, 5.41) is 0. The summed E-state index contributed by atoms with van der Waals surface area (Å²) < 4.78 is 0. The molecular formula is C8H14O3. The summed E-state index contributed by atoms with van der Waals surface area (Å²) in [6, 6.07) is 0. The van der Waals surface area contributed by atoms with E-state index in [1.165, 1.54) is 13.0 Å². The highest BCUT2D eigenvalue weighted by molar-refractivity contribution is 5.87. The largest absolute Gasteiger partial charge is 0.342 e. The van der Waals surface area contributed by atoms with Gasteiger partial charge >= 0.3 is 0 Å². The third kappa shape index (κ3) is 7.06. The average Bonchev–Trinajstić information content (AvgIpc) is 1.82. The van der Waals surface area contributed by atoms with E-state index in [9.17, 15) is 4.79 Å². The zero-order valence-electron chi connectivity index (χ0n) is 7.38. The molecule has 0 aliphatic carbocycles. The van der Waals surface area contributed by atoms with E-state index in [1.807, 2.05) is 13.8 Å². The normalized spacial score (nSPS) is 11.9. The molecule has 0 aromatic rings. The lowest BCUT2D eigenvalue weighted by atomic mass is 10.4. The first kappa shape index (κ1) is 10.2. The molecule has 0 saturated heterocycles. The Morgan fingerprint density at radius 3 is 2.27 bits per heavy atom. The predicted molar refractivity (Wildman–Crippen MR) is 41.7 cm³/mol. The van der Waals surface area contributed by atoms with Gasteiger partial charge < -0.3 is 4.89 Å². The number of carbonyl (C=O) groups excluding carboxylic acids is 1. The van der Waals surface area contributed by atoms with Crippen LogP contribution in [0, 0.1) is 0 Å². The standard InChI is InChI=1S/C8H14O3/c1-6(2)10-11-8(4)5-7(3)9/h5-6H,1-4H3/b8-5-. The van der Waals surface area contributed by atoms with Crippen LogP contribution in [0.3, 0.4) is 0 Å². The molecule has 3 heteroatoms. The molecule has 11 heavy (non-hydrogen) atoms. The number of allylic oxidation sites excluding steroid dienone is 2. The Hall–Kier alpha value is -0.830. The lowest BCUT2D eigenvalue weighted by Crippen LogP contribution is -2.02. The lowest BCUT2D eigenvalue weighted by Gasteiger charge is -2.06. The summed E-state index contributed by atoms with van der Waals surface area (Å²) in [7, 11) is 0. The zero-order chi connectivity index (χ0) is 8.85. The quantitative estimate of drug-likeness (QED) is 0.271. The number of hydrogen-bond acceptors (Lipinski definition) is 3. The highest BCUT2D eigenvalue weighted by atomic mass is 17.2. The fourth-order valence-corrected chi connectivity index (χ4v) is 0.482. The topological polar surface area (TPSA) is 35.5 Å². The smallest absolute Gasteiger partial charge is 0.156 e. The summed E-state index contributed by atoms with van der Waals surface area (Å²) >= 11 is 0. The van der Waals surface area contributed by atoms with E-state index in [0.29, 0.717) is 5.76 Å². The summed E-state index contributed by atoms with van der Waals surface area (Å²) in [6.45, 7) is 6.83. The molecule has 0 unspecified atom stereocenters. The first-order valence-corrected chi connectivity index (χ1v) is 3.54. The highest BCUT2D eigenvalue weighted by Gasteiger charge is 1.96. The van der Waals surface area contributed by atoms with E-state index in [1.54, 1.807) is 6.92 Å². The predicted octanol–water partition coefficient (Wildman–Crippen LogP) is 1.84. The van der Waals surface area contributed by atoms with Crippen LogP contribution in [0.4, 0.5) is 0 Å². The third-order valence-corrected chi connectivity index (χ3v) is 0.779. The van der Waals surface area contributed by atoms with Gasteiger partial charge in [-0.15, -0.1) is 0 Å². The molecule has 0 atom stereocenters. The van der Waals surface area contributed by atoms with Crippen molar-refractivity contribution in [2.45, 2.75) is 33.8 Å². The molecular weight excluding hydrogens is 144 g/mol. The number of rotatable bonds is 4. The second kappa shape index (κ2) is 4.91. The lowest BCUT2D eigenvalue weighted by molar-refractivity contribution is -0.286. The summed E-state index contributed by atoms with van der Waals surface area (Å²) in [5.41, 5.74) is 0. The molecule has 0 fully saturated rings. The molecule has 0 heterocycles. The highest BCUT2D eigenvalue weighted by Crippen LogP contribution is 1.99. The Morgan fingerprint density at radius 2 is 1.91 bits per heavy atom. The van der Waals surface area contributed by atoms with Gasteiger partial charge in [0.15, 0.2) is 5.78 Å². The van der Waals surface area contributed by atoms with Crippen LogP contribution in [0.2, 0.25) is 0 Å². The van der Waals surface area contributed by atoms with Gasteiger partial charge in [-0.25, -0.2) is 0 Å². The molecule has 0 aromatic heterocycles. The van der Waals surface area contributed by atoms with Crippen molar-refractivity contribution < 1.29 is 14.6 Å². The molecule has 0 radical (unpaired) electrons. The maximum Gasteiger partial charge on any atom is 0.156 e. The SMILES string of the molecule is CC(=O)/C=C(/C)OOC(C)C. The van der Waals surface area contributed by atoms with Gasteiger partial charge in [0.05, 0.1) is 6.10 Å². The summed E-state index contributed by atoms with van der Waals surface area (Å²) in [5.74, 6) is 0.432. The minimum Gasteiger partial charge on any atom is -0.342 e. The molecule has 0 aliphatic heterocycles. The van der Waals surface area contributed by atoms with Crippen LogP contribution in [0.15, 0.2) is 11.8 Å². The van der Waals surface area contributed by atoms with Crippen molar-refractivity contribution in [3.05, 3.63) is 11.8 Å². The van der Waals surface area contributed by atoms with Gasteiger partial charge in [-0.1, -0.05) is 0 Å². The van der Waals surface area contributed by atoms with Crippen LogP contribution in [0.25, 0.3) is 0 Å². The Labute approximate surface area is 66.9 Å². The van der Waals surface area contributed by atoms with Crippen molar-refractivity contribution in [3.8, 4) is 0 Å². The van der Waals surface area contributed by atoms with Crippen molar-refractivity contribution in [3.63, 3.8) is 0 Å². The Kier molecular flexibility index (Phi) is 4.54. The van der Waals surface area contributed by atoms with Crippen LogP contribution >= 0.6 is 0 Å². The molecule has 3 nitrogen and oxygen atoms in total. The molecule has 0 bridgehead atoms. The number of hydrogen-bond donors (Lipinski definition) is 0. The number of ketones is 1. The first-order chi connectivity index (χ1) is 5.02.